The lowest BCUT2D eigenvalue weighted by Gasteiger charge is -2.28. The molecule has 0 atom stereocenters. The zero-order chi connectivity index (χ0) is 15.2. The molecule has 2 aliphatic carbocycles. The first-order valence-electron chi connectivity index (χ1n) is 8.28. The molecule has 2 aromatic rings. The molecule has 2 N–H and O–H groups in total. The summed E-state index contributed by atoms with van der Waals surface area (Å²) in [5.74, 6) is 0.668. The van der Waals surface area contributed by atoms with Crippen LogP contribution in [0.2, 0.25) is 0 Å². The molecule has 2 saturated carbocycles. The maximum absolute atomic E-state index is 6.10. The van der Waals surface area contributed by atoms with Gasteiger partial charge in [-0.2, -0.15) is 5.10 Å². The summed E-state index contributed by atoms with van der Waals surface area (Å²) in [7, 11) is 0. The largest absolute Gasteiger partial charge is 0.330 e. The van der Waals surface area contributed by atoms with Crippen LogP contribution in [0.25, 0.3) is 5.69 Å². The highest BCUT2D eigenvalue weighted by Gasteiger charge is 2.34. The summed E-state index contributed by atoms with van der Waals surface area (Å²) >= 11 is 3.64. The summed E-state index contributed by atoms with van der Waals surface area (Å²) in [6, 6.07) is 8.94. The lowest BCUT2D eigenvalue weighted by molar-refractivity contribution is 0.453. The van der Waals surface area contributed by atoms with Crippen LogP contribution in [0.3, 0.4) is 0 Å². The predicted molar refractivity (Wildman–Crippen MR) is 92.4 cm³/mol. The molecular formula is C18H22BrN3. The number of halogens is 1. The Labute approximate surface area is 140 Å². The van der Waals surface area contributed by atoms with Gasteiger partial charge in [0.05, 0.1) is 22.1 Å². The molecular weight excluding hydrogens is 338 g/mol. The van der Waals surface area contributed by atoms with Gasteiger partial charge in [-0.1, -0.05) is 25.0 Å². The number of hydrogen-bond donors (Lipinski definition) is 1. The summed E-state index contributed by atoms with van der Waals surface area (Å²) in [5, 5.41) is 4.56. The van der Waals surface area contributed by atoms with Crippen LogP contribution < -0.4 is 5.73 Å². The van der Waals surface area contributed by atoms with Gasteiger partial charge in [0.25, 0.3) is 0 Å². The molecule has 22 heavy (non-hydrogen) atoms. The SMILES string of the molecule is NCC1(c2ccc(-n3ncc(Br)c3C3CC3)cc2)CCCC1. The first kappa shape index (κ1) is 14.5. The number of benzene rings is 1. The fourth-order valence-corrected chi connectivity index (χ4v) is 4.47. The van der Waals surface area contributed by atoms with E-state index >= 15 is 0 Å². The highest BCUT2D eigenvalue weighted by atomic mass is 79.9. The first-order valence-corrected chi connectivity index (χ1v) is 9.07. The summed E-state index contributed by atoms with van der Waals surface area (Å²) in [4.78, 5) is 0. The van der Waals surface area contributed by atoms with Gasteiger partial charge >= 0.3 is 0 Å². The van der Waals surface area contributed by atoms with Crippen LogP contribution in [0.15, 0.2) is 34.9 Å². The molecule has 116 valence electrons. The van der Waals surface area contributed by atoms with Crippen LogP contribution in [0.4, 0.5) is 0 Å². The van der Waals surface area contributed by atoms with Crippen molar-refractivity contribution in [2.24, 2.45) is 5.73 Å². The van der Waals surface area contributed by atoms with E-state index in [0.29, 0.717) is 5.92 Å². The Morgan fingerprint density at radius 3 is 2.45 bits per heavy atom. The average Bonchev–Trinajstić information content (AvgIpc) is 3.13. The first-order chi connectivity index (χ1) is 10.7. The van der Waals surface area contributed by atoms with Gasteiger partial charge < -0.3 is 5.73 Å². The number of aromatic nitrogens is 2. The van der Waals surface area contributed by atoms with Crippen molar-refractivity contribution in [3.63, 3.8) is 0 Å². The minimum Gasteiger partial charge on any atom is -0.330 e. The molecule has 1 heterocycles. The topological polar surface area (TPSA) is 43.8 Å². The van der Waals surface area contributed by atoms with Crippen molar-refractivity contribution in [1.29, 1.82) is 0 Å². The fourth-order valence-electron chi connectivity index (χ4n) is 3.89. The second kappa shape index (κ2) is 5.50. The van der Waals surface area contributed by atoms with E-state index < -0.39 is 0 Å². The summed E-state index contributed by atoms with van der Waals surface area (Å²) in [5.41, 5.74) is 10.2. The Balaban J connectivity index is 1.68. The van der Waals surface area contributed by atoms with Crippen molar-refractivity contribution < 1.29 is 0 Å². The Morgan fingerprint density at radius 1 is 1.18 bits per heavy atom. The number of hydrogen-bond acceptors (Lipinski definition) is 2. The normalized spacial score (nSPS) is 20.5. The molecule has 0 radical (unpaired) electrons. The lowest BCUT2D eigenvalue weighted by Crippen LogP contribution is -2.31. The third-order valence-corrected chi connectivity index (χ3v) is 6.01. The number of nitrogens with zero attached hydrogens (tertiary/aromatic N) is 2. The molecule has 4 heteroatoms. The van der Waals surface area contributed by atoms with E-state index in [9.17, 15) is 0 Å². The zero-order valence-electron chi connectivity index (χ0n) is 12.8. The lowest BCUT2D eigenvalue weighted by atomic mass is 9.79. The molecule has 1 aromatic carbocycles. The van der Waals surface area contributed by atoms with E-state index in [2.05, 4.69) is 50.0 Å². The Hall–Kier alpha value is -1.13. The van der Waals surface area contributed by atoms with Gasteiger partial charge in [-0.15, -0.1) is 0 Å². The molecule has 4 rings (SSSR count). The van der Waals surface area contributed by atoms with Crippen molar-refractivity contribution in [2.45, 2.75) is 49.9 Å². The second-order valence-corrected chi connectivity index (χ2v) is 7.66. The third kappa shape index (κ3) is 2.33. The Kier molecular flexibility index (Phi) is 3.61. The van der Waals surface area contributed by atoms with Crippen molar-refractivity contribution in [3.8, 4) is 5.69 Å². The van der Waals surface area contributed by atoms with Crippen molar-refractivity contribution >= 4 is 15.9 Å². The molecule has 0 aliphatic heterocycles. The highest BCUT2D eigenvalue weighted by Crippen LogP contribution is 2.44. The smallest absolute Gasteiger partial charge is 0.0649 e. The van der Waals surface area contributed by atoms with Gasteiger partial charge in [0, 0.05) is 17.9 Å². The molecule has 0 amide bonds. The van der Waals surface area contributed by atoms with Crippen LogP contribution in [-0.2, 0) is 5.41 Å². The number of nitrogens with two attached hydrogens (primary N) is 1. The van der Waals surface area contributed by atoms with E-state index in [0.717, 1.165) is 16.7 Å². The average molecular weight is 360 g/mol. The highest BCUT2D eigenvalue weighted by molar-refractivity contribution is 9.10. The van der Waals surface area contributed by atoms with Crippen molar-refractivity contribution in [2.75, 3.05) is 6.54 Å². The van der Waals surface area contributed by atoms with Gasteiger partial charge in [-0.3, -0.25) is 0 Å². The summed E-state index contributed by atoms with van der Waals surface area (Å²) < 4.78 is 3.23. The quantitative estimate of drug-likeness (QED) is 0.884. The molecule has 3 nitrogen and oxygen atoms in total. The standard InChI is InChI=1S/C18H22BrN3/c19-16-11-21-22(17(16)13-3-4-13)15-7-5-14(6-8-15)18(12-20)9-1-2-10-18/h5-8,11,13H,1-4,9-10,12,20H2. The van der Waals surface area contributed by atoms with E-state index in [-0.39, 0.29) is 5.41 Å². The summed E-state index contributed by atoms with van der Waals surface area (Å²) in [6.07, 6.45) is 9.53. The van der Waals surface area contributed by atoms with Gasteiger partial charge in [-0.25, -0.2) is 4.68 Å². The van der Waals surface area contributed by atoms with E-state index in [1.165, 1.54) is 49.8 Å². The van der Waals surface area contributed by atoms with Crippen LogP contribution in [0.5, 0.6) is 0 Å². The van der Waals surface area contributed by atoms with E-state index in [4.69, 9.17) is 5.73 Å². The molecule has 0 bridgehead atoms. The summed E-state index contributed by atoms with van der Waals surface area (Å²) in [6.45, 7) is 0.757. The molecule has 0 unspecified atom stereocenters. The Bertz CT molecular complexity index is 664. The fraction of sp³-hybridized carbons (Fsp3) is 0.500. The van der Waals surface area contributed by atoms with Gasteiger partial charge in [0.2, 0.25) is 0 Å². The monoisotopic (exact) mass is 359 g/mol. The molecule has 2 fully saturated rings. The van der Waals surface area contributed by atoms with Crippen LogP contribution in [-0.4, -0.2) is 16.3 Å². The van der Waals surface area contributed by atoms with E-state index in [1.807, 2.05) is 6.20 Å². The number of rotatable bonds is 4. The minimum atomic E-state index is 0.211. The van der Waals surface area contributed by atoms with Crippen molar-refractivity contribution in [3.05, 3.63) is 46.2 Å². The maximum Gasteiger partial charge on any atom is 0.0649 e. The van der Waals surface area contributed by atoms with E-state index in [1.54, 1.807) is 0 Å². The van der Waals surface area contributed by atoms with Crippen molar-refractivity contribution in [1.82, 2.24) is 9.78 Å². The predicted octanol–water partition coefficient (Wildman–Crippen LogP) is 4.28. The molecule has 0 spiro atoms. The van der Waals surface area contributed by atoms with Gasteiger partial charge in [0.1, 0.15) is 0 Å². The van der Waals surface area contributed by atoms with Gasteiger partial charge in [-0.05, 0) is 59.3 Å². The van der Waals surface area contributed by atoms with Crippen LogP contribution in [0, 0.1) is 0 Å². The Morgan fingerprint density at radius 2 is 1.86 bits per heavy atom. The molecule has 2 aliphatic rings. The van der Waals surface area contributed by atoms with Crippen LogP contribution >= 0.6 is 15.9 Å². The zero-order valence-corrected chi connectivity index (χ0v) is 14.3. The molecule has 0 saturated heterocycles. The molecule has 1 aromatic heterocycles. The third-order valence-electron chi connectivity index (χ3n) is 5.40. The second-order valence-electron chi connectivity index (χ2n) is 6.80. The maximum atomic E-state index is 6.10. The van der Waals surface area contributed by atoms with Gasteiger partial charge in [0.15, 0.2) is 0 Å². The minimum absolute atomic E-state index is 0.211. The van der Waals surface area contributed by atoms with Crippen LogP contribution in [0.1, 0.15) is 55.7 Å².